The van der Waals surface area contributed by atoms with Crippen molar-refractivity contribution in [1.29, 1.82) is 0 Å². The molecule has 0 radical (unpaired) electrons. The van der Waals surface area contributed by atoms with E-state index in [9.17, 15) is 9.59 Å². The summed E-state index contributed by atoms with van der Waals surface area (Å²) in [7, 11) is 1.75. The third-order valence-electron chi connectivity index (χ3n) is 2.69. The van der Waals surface area contributed by atoms with Crippen LogP contribution in [0.4, 0.5) is 0 Å². The molecule has 1 atom stereocenters. The summed E-state index contributed by atoms with van der Waals surface area (Å²) in [5, 5.41) is 4.22. The highest BCUT2D eigenvalue weighted by molar-refractivity contribution is 6.25. The summed E-state index contributed by atoms with van der Waals surface area (Å²) in [5.41, 5.74) is 1.32. The lowest BCUT2D eigenvalue weighted by Gasteiger charge is -2.15. The van der Waals surface area contributed by atoms with E-state index < -0.39 is 5.97 Å². The van der Waals surface area contributed by atoms with Crippen LogP contribution in [0.25, 0.3) is 0 Å². The number of hydrogen-bond acceptors (Lipinski definition) is 4. The molecule has 0 saturated carbocycles. The molecule has 5 nitrogen and oxygen atoms in total. The summed E-state index contributed by atoms with van der Waals surface area (Å²) < 4.78 is 6.45. The maximum absolute atomic E-state index is 12.1. The van der Waals surface area contributed by atoms with Crippen molar-refractivity contribution in [3.8, 4) is 0 Å². The number of Topliss-reactive ketones (excluding diaryl/α,β-unsaturated/α-hetero) is 1. The van der Waals surface area contributed by atoms with Gasteiger partial charge >= 0.3 is 5.97 Å². The number of allylic oxidation sites excluding steroid dienone is 1. The van der Waals surface area contributed by atoms with E-state index in [4.69, 9.17) is 4.74 Å². The smallest absolute Gasteiger partial charge is 0.341 e. The summed E-state index contributed by atoms with van der Waals surface area (Å²) in [4.78, 5) is 23.7. The lowest BCUT2D eigenvalue weighted by molar-refractivity contribution is -0.138. The van der Waals surface area contributed by atoms with Crippen molar-refractivity contribution in [3.05, 3.63) is 29.1 Å². The number of carbonyl (C=O) groups is 2. The summed E-state index contributed by atoms with van der Waals surface area (Å²) in [6.07, 6.45) is 3.26. The minimum Gasteiger partial charge on any atom is -0.462 e. The van der Waals surface area contributed by atoms with Gasteiger partial charge in [0, 0.05) is 19.2 Å². The molecule has 1 unspecified atom stereocenters. The Morgan fingerprint density at radius 1 is 1.59 bits per heavy atom. The Kier molecular flexibility index (Phi) is 2.83. The van der Waals surface area contributed by atoms with Crippen molar-refractivity contribution in [3.63, 3.8) is 0 Å². The normalized spacial score (nSPS) is 18.6. The predicted octanol–water partition coefficient (Wildman–Crippen LogP) is 1.21. The molecule has 2 rings (SSSR count). The first kappa shape index (κ1) is 11.6. The van der Waals surface area contributed by atoms with Crippen LogP contribution in [0.5, 0.6) is 0 Å². The fourth-order valence-corrected chi connectivity index (χ4v) is 1.94. The van der Waals surface area contributed by atoms with Crippen LogP contribution in [0.15, 0.2) is 17.8 Å². The molecule has 0 fully saturated rings. The highest BCUT2D eigenvalue weighted by Crippen LogP contribution is 2.28. The summed E-state index contributed by atoms with van der Waals surface area (Å²) in [6, 6.07) is 0. The Balaban J connectivity index is 2.40. The van der Waals surface area contributed by atoms with E-state index in [0.717, 1.165) is 0 Å². The van der Waals surface area contributed by atoms with Gasteiger partial charge in [-0.2, -0.15) is 5.10 Å². The number of aryl methyl sites for hydroxylation is 1. The van der Waals surface area contributed by atoms with Crippen molar-refractivity contribution < 1.29 is 14.3 Å². The van der Waals surface area contributed by atoms with Gasteiger partial charge in [0.05, 0.1) is 17.9 Å². The molecule has 1 aliphatic carbocycles. The summed E-state index contributed by atoms with van der Waals surface area (Å²) >= 11 is 0. The van der Waals surface area contributed by atoms with E-state index in [2.05, 4.69) is 5.10 Å². The van der Waals surface area contributed by atoms with Crippen molar-refractivity contribution in [2.75, 3.05) is 6.61 Å². The minimum atomic E-state index is -0.557. The lowest BCUT2D eigenvalue weighted by atomic mass is 9.89. The maximum Gasteiger partial charge on any atom is 0.341 e. The van der Waals surface area contributed by atoms with Crippen LogP contribution in [0, 0.1) is 0 Å². The summed E-state index contributed by atoms with van der Waals surface area (Å²) in [6.45, 7) is 3.87. The van der Waals surface area contributed by atoms with E-state index in [1.807, 2.05) is 6.92 Å². The van der Waals surface area contributed by atoms with Crippen molar-refractivity contribution in [1.82, 2.24) is 9.78 Å². The van der Waals surface area contributed by atoms with Crippen LogP contribution in [-0.2, 0) is 16.6 Å². The number of fused-ring (bicyclic) bond motifs is 1. The zero-order valence-corrected chi connectivity index (χ0v) is 10.1. The number of rotatable bonds is 2. The monoisotopic (exact) mass is 234 g/mol. The Morgan fingerprint density at radius 2 is 2.29 bits per heavy atom. The van der Waals surface area contributed by atoms with Crippen LogP contribution in [-0.4, -0.2) is 28.1 Å². The highest BCUT2D eigenvalue weighted by Gasteiger charge is 2.31. The molecule has 0 saturated heterocycles. The number of esters is 1. The van der Waals surface area contributed by atoms with Gasteiger partial charge in [-0.05, 0) is 6.92 Å². The van der Waals surface area contributed by atoms with Crippen LogP contribution in [0.2, 0.25) is 0 Å². The highest BCUT2D eigenvalue weighted by atomic mass is 16.5. The number of ketones is 1. The van der Waals surface area contributed by atoms with E-state index in [-0.39, 0.29) is 23.9 Å². The third-order valence-corrected chi connectivity index (χ3v) is 2.69. The number of nitrogens with zero attached hydrogens (tertiary/aromatic N) is 2. The van der Waals surface area contributed by atoms with Crippen molar-refractivity contribution in [2.24, 2.45) is 7.05 Å². The maximum atomic E-state index is 12.1. The molecule has 0 amide bonds. The number of hydrogen-bond donors (Lipinski definition) is 0. The van der Waals surface area contributed by atoms with Gasteiger partial charge in [-0.25, -0.2) is 4.79 Å². The molecule has 1 aliphatic rings. The molecule has 90 valence electrons. The van der Waals surface area contributed by atoms with E-state index in [1.165, 1.54) is 0 Å². The average Bonchev–Trinajstić information content (AvgIpc) is 2.66. The van der Waals surface area contributed by atoms with Crippen LogP contribution in [0.3, 0.4) is 0 Å². The van der Waals surface area contributed by atoms with Gasteiger partial charge in [0.25, 0.3) is 0 Å². The van der Waals surface area contributed by atoms with Gasteiger partial charge in [0.15, 0.2) is 0 Å². The zero-order chi connectivity index (χ0) is 12.6. The Labute approximate surface area is 99.1 Å². The second kappa shape index (κ2) is 4.16. The fourth-order valence-electron chi connectivity index (χ4n) is 1.94. The second-order valence-corrected chi connectivity index (χ2v) is 4.02. The van der Waals surface area contributed by atoms with Crippen molar-refractivity contribution >= 4 is 11.8 Å². The first-order valence-electron chi connectivity index (χ1n) is 5.51. The largest absolute Gasteiger partial charge is 0.462 e. The zero-order valence-electron chi connectivity index (χ0n) is 10.1. The first-order chi connectivity index (χ1) is 8.04. The van der Waals surface area contributed by atoms with Gasteiger partial charge < -0.3 is 4.74 Å². The van der Waals surface area contributed by atoms with Gasteiger partial charge in [-0.3, -0.25) is 9.48 Å². The molecule has 1 aromatic rings. The van der Waals surface area contributed by atoms with E-state index in [0.29, 0.717) is 11.3 Å². The van der Waals surface area contributed by atoms with Crippen LogP contribution >= 0.6 is 0 Å². The average molecular weight is 234 g/mol. The Hall–Kier alpha value is -1.91. The molecule has 0 spiro atoms. The SMILES string of the molecule is CCOC(=O)C1=CC(C)c2nn(C)cc2C1=O. The molecular weight excluding hydrogens is 220 g/mol. The number of aromatic nitrogens is 2. The Morgan fingerprint density at radius 3 is 2.94 bits per heavy atom. The van der Waals surface area contributed by atoms with E-state index in [1.54, 1.807) is 30.9 Å². The molecule has 17 heavy (non-hydrogen) atoms. The topological polar surface area (TPSA) is 61.2 Å². The van der Waals surface area contributed by atoms with Gasteiger partial charge in [-0.1, -0.05) is 13.0 Å². The quantitative estimate of drug-likeness (QED) is 0.570. The second-order valence-electron chi connectivity index (χ2n) is 4.02. The molecule has 0 aliphatic heterocycles. The van der Waals surface area contributed by atoms with Crippen LogP contribution in [0.1, 0.15) is 35.8 Å². The number of ether oxygens (including phenoxy) is 1. The summed E-state index contributed by atoms with van der Waals surface area (Å²) in [5.74, 6) is -0.910. The molecular formula is C12H14N2O3. The first-order valence-corrected chi connectivity index (χ1v) is 5.51. The van der Waals surface area contributed by atoms with Gasteiger partial charge in [0.2, 0.25) is 5.78 Å². The van der Waals surface area contributed by atoms with Gasteiger partial charge in [-0.15, -0.1) is 0 Å². The predicted molar refractivity (Wildman–Crippen MR) is 60.7 cm³/mol. The van der Waals surface area contributed by atoms with Crippen LogP contribution < -0.4 is 0 Å². The van der Waals surface area contributed by atoms with Gasteiger partial charge in [0.1, 0.15) is 5.57 Å². The molecule has 0 N–H and O–H groups in total. The molecule has 5 heteroatoms. The lowest BCUT2D eigenvalue weighted by Crippen LogP contribution is -2.21. The standard InChI is InChI=1S/C12H14N2O3/c1-4-17-12(16)8-5-7(2)10-9(11(8)15)6-14(3)13-10/h5-7H,4H2,1-3H3. The third kappa shape index (κ3) is 1.88. The van der Waals surface area contributed by atoms with Crippen molar-refractivity contribution in [2.45, 2.75) is 19.8 Å². The van der Waals surface area contributed by atoms with E-state index >= 15 is 0 Å². The molecule has 0 aromatic carbocycles. The Bertz CT molecular complexity index is 514. The molecule has 1 heterocycles. The molecule has 1 aromatic heterocycles. The minimum absolute atomic E-state index is 0.0525. The number of carbonyl (C=O) groups excluding carboxylic acids is 2. The molecule has 0 bridgehead atoms. The fraction of sp³-hybridized carbons (Fsp3) is 0.417.